The average molecular weight is 264 g/mol. The van der Waals surface area contributed by atoms with Gasteiger partial charge in [-0.15, -0.1) is 0 Å². The quantitative estimate of drug-likeness (QED) is 0.907. The lowest BCUT2D eigenvalue weighted by Gasteiger charge is -2.30. The Labute approximate surface area is 115 Å². The van der Waals surface area contributed by atoms with Gasteiger partial charge in [0.05, 0.1) is 12.6 Å². The van der Waals surface area contributed by atoms with Gasteiger partial charge >= 0.3 is 0 Å². The van der Waals surface area contributed by atoms with Crippen LogP contribution in [0.2, 0.25) is 0 Å². The first-order valence-electron chi connectivity index (χ1n) is 6.37. The van der Waals surface area contributed by atoms with Crippen molar-refractivity contribution in [1.29, 1.82) is 0 Å². The van der Waals surface area contributed by atoms with Crippen molar-refractivity contribution in [2.24, 2.45) is 0 Å². The van der Waals surface area contributed by atoms with Crippen LogP contribution < -0.4 is 15.0 Å². The summed E-state index contributed by atoms with van der Waals surface area (Å²) < 4.78 is 5.29. The summed E-state index contributed by atoms with van der Waals surface area (Å²) in [4.78, 5) is 14.1. The first-order chi connectivity index (χ1) is 8.76. The van der Waals surface area contributed by atoms with Crippen LogP contribution in [-0.2, 0) is 4.79 Å². The highest BCUT2D eigenvalue weighted by Crippen LogP contribution is 2.30. The molecule has 0 saturated carbocycles. The van der Waals surface area contributed by atoms with E-state index in [-0.39, 0.29) is 5.91 Å². The normalized spacial score (nSPS) is 11.3. The molecule has 0 unspecified atom stereocenters. The fourth-order valence-electron chi connectivity index (χ4n) is 2.00. The molecule has 0 radical (unpaired) electrons. The van der Waals surface area contributed by atoms with Crippen LogP contribution in [0, 0.1) is 13.8 Å². The number of hydrogen-bond donors (Lipinski definition) is 1. The van der Waals surface area contributed by atoms with Crippen molar-refractivity contribution in [3.05, 3.63) is 23.3 Å². The predicted octanol–water partition coefficient (Wildman–Crippen LogP) is 2.27. The monoisotopic (exact) mass is 264 g/mol. The molecule has 0 bridgehead atoms. The Morgan fingerprint density at radius 1 is 1.26 bits per heavy atom. The summed E-state index contributed by atoms with van der Waals surface area (Å²) in [6.45, 7) is 7.75. The Kier molecular flexibility index (Phi) is 4.58. The van der Waals surface area contributed by atoms with E-state index in [9.17, 15) is 4.79 Å². The second kappa shape index (κ2) is 5.61. The van der Waals surface area contributed by atoms with E-state index in [2.05, 4.69) is 5.32 Å². The summed E-state index contributed by atoms with van der Waals surface area (Å²) in [5.74, 6) is 0.873. The van der Waals surface area contributed by atoms with Gasteiger partial charge in [-0.25, -0.2) is 0 Å². The number of nitrogens with one attached hydrogen (secondary N) is 1. The van der Waals surface area contributed by atoms with Crippen LogP contribution in [0.5, 0.6) is 5.75 Å². The van der Waals surface area contributed by atoms with Gasteiger partial charge in [-0.3, -0.25) is 4.79 Å². The van der Waals surface area contributed by atoms with E-state index >= 15 is 0 Å². The van der Waals surface area contributed by atoms with Crippen molar-refractivity contribution in [3.63, 3.8) is 0 Å². The molecule has 0 fully saturated rings. The lowest BCUT2D eigenvalue weighted by atomic mass is 10.0. The molecule has 1 amide bonds. The number of carbonyl (C=O) groups is 1. The van der Waals surface area contributed by atoms with Gasteiger partial charge in [0.1, 0.15) is 5.75 Å². The maximum atomic E-state index is 12.4. The highest BCUT2D eigenvalue weighted by atomic mass is 16.5. The zero-order valence-electron chi connectivity index (χ0n) is 12.9. The van der Waals surface area contributed by atoms with Crippen molar-refractivity contribution in [3.8, 4) is 5.75 Å². The molecule has 0 aromatic heterocycles. The minimum absolute atomic E-state index is 0.0302. The molecule has 4 heteroatoms. The number of likely N-dealkylation sites (N-methyl/N-ethyl adjacent to an activating group) is 2. The zero-order valence-corrected chi connectivity index (χ0v) is 12.9. The van der Waals surface area contributed by atoms with Crippen LogP contribution in [-0.4, -0.2) is 32.7 Å². The lowest BCUT2D eigenvalue weighted by molar-refractivity contribution is -0.123. The van der Waals surface area contributed by atoms with Crippen molar-refractivity contribution < 1.29 is 9.53 Å². The average Bonchev–Trinajstić information content (AvgIpc) is 2.40. The van der Waals surface area contributed by atoms with Gasteiger partial charge in [-0.2, -0.15) is 0 Å². The molecule has 1 rings (SSSR count). The summed E-state index contributed by atoms with van der Waals surface area (Å²) >= 11 is 0. The first-order valence-corrected chi connectivity index (χ1v) is 6.37. The molecule has 1 N–H and O–H groups in total. The van der Waals surface area contributed by atoms with Crippen LogP contribution in [0.15, 0.2) is 12.1 Å². The van der Waals surface area contributed by atoms with Gasteiger partial charge in [-0.05, 0) is 58.0 Å². The third-order valence-corrected chi connectivity index (χ3v) is 3.75. The standard InChI is InChI=1S/C15H24N2O2/c1-10-11(2)13(19-7)9-8-12(10)17(6)14(18)15(3,4)16-5/h8-9,16H,1-7H3. The Morgan fingerprint density at radius 3 is 2.32 bits per heavy atom. The van der Waals surface area contributed by atoms with Gasteiger partial charge in [0.2, 0.25) is 5.91 Å². The zero-order chi connectivity index (χ0) is 14.8. The molecular formula is C15H24N2O2. The SMILES string of the molecule is CNC(C)(C)C(=O)N(C)c1ccc(OC)c(C)c1C. The van der Waals surface area contributed by atoms with Gasteiger partial charge < -0.3 is 15.0 Å². The second-order valence-corrected chi connectivity index (χ2v) is 5.28. The van der Waals surface area contributed by atoms with Crippen LogP contribution in [0.25, 0.3) is 0 Å². The Hall–Kier alpha value is -1.55. The Bertz CT molecular complexity index is 481. The number of amides is 1. The van der Waals surface area contributed by atoms with E-state index in [0.717, 1.165) is 22.6 Å². The third kappa shape index (κ3) is 2.89. The number of rotatable bonds is 4. The largest absolute Gasteiger partial charge is 0.496 e. The molecule has 106 valence electrons. The predicted molar refractivity (Wildman–Crippen MR) is 79.0 cm³/mol. The van der Waals surface area contributed by atoms with Crippen LogP contribution in [0.3, 0.4) is 0 Å². The molecule has 1 aromatic rings. The van der Waals surface area contributed by atoms with Gasteiger partial charge in [0.15, 0.2) is 0 Å². The number of nitrogens with zero attached hydrogens (tertiary/aromatic N) is 1. The Morgan fingerprint density at radius 2 is 1.84 bits per heavy atom. The third-order valence-electron chi connectivity index (χ3n) is 3.75. The van der Waals surface area contributed by atoms with Crippen molar-refractivity contribution in [2.75, 3.05) is 26.1 Å². The molecule has 0 aliphatic carbocycles. The van der Waals surface area contributed by atoms with Crippen LogP contribution in [0.1, 0.15) is 25.0 Å². The second-order valence-electron chi connectivity index (χ2n) is 5.28. The number of anilines is 1. The summed E-state index contributed by atoms with van der Waals surface area (Å²) in [6.07, 6.45) is 0. The minimum Gasteiger partial charge on any atom is -0.496 e. The van der Waals surface area contributed by atoms with E-state index < -0.39 is 5.54 Å². The fraction of sp³-hybridized carbons (Fsp3) is 0.533. The first kappa shape index (κ1) is 15.5. The van der Waals surface area contributed by atoms with Crippen LogP contribution >= 0.6 is 0 Å². The summed E-state index contributed by atoms with van der Waals surface area (Å²) in [6, 6.07) is 3.82. The molecule has 19 heavy (non-hydrogen) atoms. The summed E-state index contributed by atoms with van der Waals surface area (Å²) in [7, 11) is 5.24. The fourth-order valence-corrected chi connectivity index (χ4v) is 2.00. The maximum Gasteiger partial charge on any atom is 0.246 e. The number of carbonyl (C=O) groups excluding carboxylic acids is 1. The molecule has 1 aromatic carbocycles. The molecule has 0 atom stereocenters. The van der Waals surface area contributed by atoms with Crippen molar-refractivity contribution >= 4 is 11.6 Å². The molecule has 0 spiro atoms. The molecule has 0 aliphatic rings. The van der Waals surface area contributed by atoms with Crippen LogP contribution in [0.4, 0.5) is 5.69 Å². The van der Waals surface area contributed by atoms with Gasteiger partial charge in [-0.1, -0.05) is 0 Å². The Balaban J connectivity index is 3.18. The van der Waals surface area contributed by atoms with Gasteiger partial charge in [0.25, 0.3) is 0 Å². The number of methoxy groups -OCH3 is 1. The van der Waals surface area contributed by atoms with Crippen molar-refractivity contribution in [1.82, 2.24) is 5.32 Å². The maximum absolute atomic E-state index is 12.4. The topological polar surface area (TPSA) is 41.6 Å². The highest BCUT2D eigenvalue weighted by molar-refractivity contribution is 6.00. The lowest BCUT2D eigenvalue weighted by Crippen LogP contribution is -2.52. The summed E-state index contributed by atoms with van der Waals surface area (Å²) in [5.41, 5.74) is 2.44. The van der Waals surface area contributed by atoms with E-state index in [1.54, 1.807) is 26.1 Å². The number of ether oxygens (including phenoxy) is 1. The van der Waals surface area contributed by atoms with Gasteiger partial charge in [0, 0.05) is 12.7 Å². The number of hydrogen-bond acceptors (Lipinski definition) is 3. The molecule has 4 nitrogen and oxygen atoms in total. The van der Waals surface area contributed by atoms with E-state index in [1.807, 2.05) is 39.8 Å². The minimum atomic E-state index is -0.588. The van der Waals surface area contributed by atoms with E-state index in [1.165, 1.54) is 0 Å². The van der Waals surface area contributed by atoms with E-state index in [0.29, 0.717) is 0 Å². The number of benzene rings is 1. The van der Waals surface area contributed by atoms with E-state index in [4.69, 9.17) is 4.74 Å². The molecule has 0 aliphatic heterocycles. The van der Waals surface area contributed by atoms with Crippen molar-refractivity contribution in [2.45, 2.75) is 33.2 Å². The smallest absolute Gasteiger partial charge is 0.246 e. The summed E-state index contributed by atoms with van der Waals surface area (Å²) in [5, 5.41) is 3.03. The highest BCUT2D eigenvalue weighted by Gasteiger charge is 2.30. The molecule has 0 heterocycles. The molecule has 0 saturated heterocycles. The molecular weight excluding hydrogens is 240 g/mol.